The molecule has 3 saturated heterocycles. The van der Waals surface area contributed by atoms with E-state index in [1.807, 2.05) is 0 Å². The van der Waals surface area contributed by atoms with Crippen LogP contribution in [-0.4, -0.2) is 117 Å². The number of amides is 1. The Morgan fingerprint density at radius 2 is 1.15 bits per heavy atom. The SMILES string of the molecule is CC[C@H]1O[C@@H](n2ccc(=S)[nH]c2=O)C(C)(C(F)(F)F)[C@H]1C.CC[C@H]1O[C@@H](n2ccc(NC(=O)c3ccccc3)nc2=O)C(OC(=O)c2ccccc2)(C(F)(F)F)[C@H]1C.O=c1[nH]c(=S)ccn1[C@@H]1O[C@H](CO)[C@H](O)C1(O)C(F)(F)F. The van der Waals surface area contributed by atoms with E-state index in [4.69, 9.17) is 36.3 Å². The summed E-state index contributed by atoms with van der Waals surface area (Å²) in [6, 6.07) is 19.1. The van der Waals surface area contributed by atoms with E-state index >= 15 is 0 Å². The van der Waals surface area contributed by atoms with E-state index in [1.165, 1.54) is 56.4 Å². The summed E-state index contributed by atoms with van der Waals surface area (Å²) >= 11 is 9.45. The van der Waals surface area contributed by atoms with Crippen molar-refractivity contribution in [1.29, 1.82) is 0 Å². The van der Waals surface area contributed by atoms with E-state index in [0.717, 1.165) is 30.0 Å². The molecule has 30 heteroatoms. The normalized spacial score (nSPS) is 28.7. The monoisotopic (exact) mass is 1170 g/mol. The quantitative estimate of drug-likeness (QED) is 0.0451. The minimum Gasteiger partial charge on any atom is -0.440 e. The largest absolute Gasteiger partial charge is 0.440 e. The van der Waals surface area contributed by atoms with Crippen molar-refractivity contribution >= 4 is 42.1 Å². The molecular formula is C49H52F9N7O12S2. The van der Waals surface area contributed by atoms with Crippen molar-refractivity contribution in [3.05, 3.63) is 149 Å². The van der Waals surface area contributed by atoms with Crippen LogP contribution < -0.4 is 22.4 Å². The number of hydrogen-bond acceptors (Lipinski definition) is 15. The van der Waals surface area contributed by atoms with Gasteiger partial charge in [-0.3, -0.25) is 28.5 Å². The van der Waals surface area contributed by atoms with Crippen molar-refractivity contribution in [2.45, 2.75) is 120 Å². The van der Waals surface area contributed by atoms with Crippen molar-refractivity contribution in [2.75, 3.05) is 11.9 Å². The van der Waals surface area contributed by atoms with Gasteiger partial charge in [0.05, 0.1) is 24.4 Å². The van der Waals surface area contributed by atoms with Gasteiger partial charge in [-0.05, 0) is 62.2 Å². The van der Waals surface area contributed by atoms with Crippen molar-refractivity contribution in [2.24, 2.45) is 17.3 Å². The van der Waals surface area contributed by atoms with Crippen molar-refractivity contribution in [3.8, 4) is 0 Å². The number of halogens is 9. The third kappa shape index (κ3) is 11.9. The molecule has 3 aliphatic rings. The van der Waals surface area contributed by atoms with E-state index in [2.05, 4.69) is 32.5 Å². The second kappa shape index (κ2) is 23.7. The maximum absolute atomic E-state index is 14.8. The van der Waals surface area contributed by atoms with Crippen LogP contribution in [0.4, 0.5) is 45.3 Å². The van der Waals surface area contributed by atoms with Gasteiger partial charge in [-0.25, -0.2) is 19.2 Å². The molecule has 0 radical (unpaired) electrons. The highest BCUT2D eigenvalue weighted by Gasteiger charge is 2.73. The zero-order valence-corrected chi connectivity index (χ0v) is 43.7. The maximum Gasteiger partial charge on any atom is 0.433 e. The fourth-order valence-electron chi connectivity index (χ4n) is 9.40. The van der Waals surface area contributed by atoms with E-state index in [1.54, 1.807) is 50.2 Å². The first-order valence-electron chi connectivity index (χ1n) is 23.9. The van der Waals surface area contributed by atoms with Gasteiger partial charge in [0.15, 0.2) is 18.7 Å². The van der Waals surface area contributed by atoms with Crippen LogP contribution in [0, 0.1) is 26.5 Å². The molecule has 0 bridgehead atoms. The molecule has 0 aliphatic carbocycles. The molecule has 12 atom stereocenters. The molecule has 0 saturated carbocycles. The number of anilines is 1. The standard InChI is InChI=1S/C26H24F3N3O5.C13H17F3N2O2S.C10H11F3N2O5S/c1-3-19-16(2)25(26(27,28)29,37-22(34)18-12-8-5-9-13-18)23(36-19)32-15-14-20(31-24(32)35)30-21(33)17-10-6-4-7-11-17;1-4-8-7(2)12(3,13(14,15)16)10(20-8)18-6-5-9(21)17-11(18)19;11-10(12,13)9(19)6(17)4(3-16)20-7(9)15-2-1-5(21)14-8(15)18/h4-16,19,23H,3H2,1-2H3,(H,30,31,33,35);5-8,10H,4H2,1-3H3,(H,17,19,21);1-2,4,6-7,16-17,19H,3H2,(H,14,18,21)/t16-,19+,23+,25?;7-,8+,10+,12?;4-,6+,7-,9?/m001/s1. The van der Waals surface area contributed by atoms with Crippen molar-refractivity contribution in [1.82, 2.24) is 28.7 Å². The Morgan fingerprint density at radius 3 is 1.61 bits per heavy atom. The van der Waals surface area contributed by atoms with E-state index in [-0.39, 0.29) is 27.1 Å². The van der Waals surface area contributed by atoms with E-state index in [9.17, 15) is 73.7 Å². The number of rotatable bonds is 10. The average molecular weight is 1170 g/mol. The number of carbonyl (C=O) groups is 2. The summed E-state index contributed by atoms with van der Waals surface area (Å²) in [5.74, 6) is -4.03. The molecule has 2 aromatic carbocycles. The Balaban J connectivity index is 0.000000205. The van der Waals surface area contributed by atoms with Gasteiger partial charge < -0.3 is 39.6 Å². The number of aromatic nitrogens is 6. The molecule has 3 aromatic heterocycles. The molecule has 5 aromatic rings. The van der Waals surface area contributed by atoms with Crippen LogP contribution >= 0.6 is 24.4 Å². The first-order chi connectivity index (χ1) is 36.8. The predicted molar refractivity (Wildman–Crippen MR) is 264 cm³/mol. The van der Waals surface area contributed by atoms with Gasteiger partial charge in [0.25, 0.3) is 11.5 Å². The lowest BCUT2D eigenvalue weighted by Gasteiger charge is -2.38. The molecule has 19 nitrogen and oxygen atoms in total. The van der Waals surface area contributed by atoms with Crippen LogP contribution in [0.2, 0.25) is 0 Å². The number of hydrogen-bond donors (Lipinski definition) is 6. The molecule has 430 valence electrons. The molecular weight excluding hydrogens is 1110 g/mol. The summed E-state index contributed by atoms with van der Waals surface area (Å²) in [5.41, 5.74) is -11.7. The van der Waals surface area contributed by atoms with Crippen molar-refractivity contribution in [3.63, 3.8) is 0 Å². The average Bonchev–Trinajstić information content (AvgIpc) is 3.51. The van der Waals surface area contributed by atoms with E-state index < -0.39 is 126 Å². The predicted octanol–water partition coefficient (Wildman–Crippen LogP) is 7.47. The highest BCUT2D eigenvalue weighted by molar-refractivity contribution is 7.71. The molecule has 3 aliphatic heterocycles. The summed E-state index contributed by atoms with van der Waals surface area (Å²) in [5, 5.41) is 30.9. The summed E-state index contributed by atoms with van der Waals surface area (Å²) in [7, 11) is 0. The summed E-state index contributed by atoms with van der Waals surface area (Å²) in [6.07, 6.45) is -22.5. The Hall–Kier alpha value is -6.41. The topological polar surface area (TPSA) is 254 Å². The summed E-state index contributed by atoms with van der Waals surface area (Å²) in [4.78, 5) is 69.9. The second-order valence-corrected chi connectivity index (χ2v) is 19.5. The smallest absolute Gasteiger partial charge is 0.433 e. The highest BCUT2D eigenvalue weighted by Crippen LogP contribution is 2.59. The van der Waals surface area contributed by atoms with Crippen molar-refractivity contribution < 1.29 is 83.4 Å². The fraction of sp³-hybridized carbons (Fsp3) is 0.469. The second-order valence-electron chi connectivity index (χ2n) is 18.6. The highest BCUT2D eigenvalue weighted by atomic mass is 32.1. The number of aromatic amines is 2. The maximum atomic E-state index is 14.8. The van der Waals surface area contributed by atoms with Crippen LogP contribution in [0.15, 0.2) is 112 Å². The Kier molecular flexibility index (Phi) is 18.6. The van der Waals surface area contributed by atoms with Gasteiger partial charge in [-0.2, -0.15) is 44.5 Å². The Morgan fingerprint density at radius 1 is 0.684 bits per heavy atom. The van der Waals surface area contributed by atoms with E-state index in [0.29, 0.717) is 21.1 Å². The lowest BCUT2D eigenvalue weighted by Crippen LogP contribution is -2.58. The first kappa shape index (κ1) is 61.8. The number of benzene rings is 2. The van der Waals surface area contributed by atoms with Gasteiger partial charge in [0.1, 0.15) is 32.7 Å². The molecule has 6 N–H and O–H groups in total. The summed E-state index contributed by atoms with van der Waals surface area (Å²) in [6.45, 7) is 6.32. The third-order valence-corrected chi connectivity index (χ3v) is 14.5. The molecule has 3 unspecified atom stereocenters. The zero-order valence-electron chi connectivity index (χ0n) is 42.1. The lowest BCUT2D eigenvalue weighted by molar-refractivity contribution is -0.304. The van der Waals surface area contributed by atoms with Crippen LogP contribution in [0.25, 0.3) is 0 Å². The molecule has 3 fully saturated rings. The number of alkyl halides is 9. The zero-order chi connectivity index (χ0) is 58.8. The van der Waals surface area contributed by atoms with Crippen LogP contribution in [-0.2, 0) is 18.9 Å². The number of H-pyrrole nitrogens is 2. The number of carbonyl (C=O) groups excluding carboxylic acids is 2. The first-order valence-corrected chi connectivity index (χ1v) is 24.7. The van der Waals surface area contributed by atoms with Crippen LogP contribution in [0.1, 0.15) is 86.9 Å². The fourth-order valence-corrected chi connectivity index (χ4v) is 9.69. The number of aliphatic hydroxyl groups excluding tert-OH is 2. The summed E-state index contributed by atoms with van der Waals surface area (Å²) < 4.78 is 148. The van der Waals surface area contributed by atoms with Gasteiger partial charge in [-0.1, -0.05) is 88.5 Å². The van der Waals surface area contributed by atoms with Crippen LogP contribution in [0.3, 0.4) is 0 Å². The Labute approximate surface area is 451 Å². The molecule has 79 heavy (non-hydrogen) atoms. The number of nitrogens with zero attached hydrogens (tertiary/aromatic N) is 4. The van der Waals surface area contributed by atoms with Gasteiger partial charge in [-0.15, -0.1) is 0 Å². The molecule has 8 rings (SSSR count). The van der Waals surface area contributed by atoms with Crippen LogP contribution in [0.5, 0.6) is 0 Å². The number of esters is 1. The third-order valence-electron chi connectivity index (χ3n) is 14.0. The van der Waals surface area contributed by atoms with Gasteiger partial charge in [0.2, 0.25) is 5.60 Å². The number of aliphatic hydroxyl groups is 3. The number of nitrogens with one attached hydrogen (secondary N) is 3. The molecule has 0 spiro atoms. The van der Waals surface area contributed by atoms with Gasteiger partial charge >= 0.3 is 41.6 Å². The Bertz CT molecular complexity index is 3160. The number of ether oxygens (including phenoxy) is 4. The lowest BCUT2D eigenvalue weighted by atomic mass is 9.75. The minimum atomic E-state index is -5.30. The minimum absolute atomic E-state index is 0.0240. The van der Waals surface area contributed by atoms with Gasteiger partial charge in [0, 0.05) is 36.0 Å². The molecule has 6 heterocycles. The molecule has 1 amide bonds.